The fourth-order valence-electron chi connectivity index (χ4n) is 12.2. The van der Waals surface area contributed by atoms with Crippen LogP contribution in [0, 0.1) is 0 Å². The monoisotopic (exact) mass is 1540 g/mol. The normalized spacial score (nSPS) is 28.7. The first-order valence-corrected chi connectivity index (χ1v) is 35.6. The molecule has 4 amide bonds. The number of hydrogen-bond acceptors (Lipinski definition) is 32. The summed E-state index contributed by atoms with van der Waals surface area (Å²) in [5, 5.41) is 104. The number of carbonyl (C=O) groups excluding carboxylic acids is 8. The van der Waals surface area contributed by atoms with Gasteiger partial charge in [0.25, 0.3) is 0 Å². The number of rotatable bonds is 39. The quantitative estimate of drug-likeness (QED) is 0.0149. The van der Waals surface area contributed by atoms with E-state index >= 15 is 0 Å². The molecule has 0 aliphatic carbocycles. The maximum absolute atomic E-state index is 13.7. The van der Waals surface area contributed by atoms with Crippen molar-refractivity contribution < 1.29 is 136 Å². The Morgan fingerprint density at radius 3 is 0.899 bits per heavy atom. The number of ether oxygens (including phenoxy) is 12. The van der Waals surface area contributed by atoms with Crippen molar-refractivity contribution >= 4 is 47.5 Å². The van der Waals surface area contributed by atoms with Crippen LogP contribution < -0.4 is 44.2 Å². The summed E-state index contributed by atoms with van der Waals surface area (Å²) in [6, 6.07) is 30.9. The van der Waals surface area contributed by atoms with E-state index in [9.17, 15) is 79.2 Å². The van der Waals surface area contributed by atoms with Crippen molar-refractivity contribution in [3.8, 4) is 0 Å². The van der Waals surface area contributed by atoms with Gasteiger partial charge < -0.3 is 142 Å². The zero-order valence-electron chi connectivity index (χ0n) is 59.9. The standard InChI is InChI=1S/C73H100N8O28/c1-98-70-64(95)61(92)67(49(104-70)32-79-53(84)23-44(75)27-57(88)100-36-40-16-8-3-9-17-40)108-72-66(97)63(94)69(51(106-72)34-81-55(86)25-46(77)29-59(90)102-38-42-20-12-5-13-21-42)109-73-65(96)62(93)68(50(105-73)33-80-54(85)24-45(76)28-58(89)101-37-41-18-10-4-11-19-41)107-71-60(91)48(82)30-47(103-71)31-78-52(83)22-43(74)26-56(87)99-35-39-14-6-2-7-15-39/h2-21,43-51,60-73,82,91-97H,22-38,74-77H2,1H3,(H,78,83)(H,79,84)(H,80,85)(H,81,86)/t43-,44-,45-,46-,47-,48-,49+,50+,51+,60+,61+,62+,63+,64+,65+,66+,67+,68+,69+,70-,71+,72+,73+/m1/s1. The molecule has 4 aliphatic rings. The highest BCUT2D eigenvalue weighted by molar-refractivity contribution is 5.80. The average molecular weight is 1540 g/mol. The van der Waals surface area contributed by atoms with Gasteiger partial charge in [-0.05, 0) is 22.3 Å². The summed E-state index contributed by atoms with van der Waals surface area (Å²) in [4.78, 5) is 105. The van der Waals surface area contributed by atoms with E-state index in [1.807, 2.05) is 0 Å². The van der Waals surface area contributed by atoms with Crippen LogP contribution in [0.3, 0.4) is 0 Å². The van der Waals surface area contributed by atoms with Gasteiger partial charge in [0.1, 0.15) is 106 Å². The van der Waals surface area contributed by atoms with E-state index < -0.39 is 240 Å². The number of aliphatic hydroxyl groups is 8. The van der Waals surface area contributed by atoms with Crippen LogP contribution >= 0.6 is 0 Å². The second kappa shape index (κ2) is 43.4. The van der Waals surface area contributed by atoms with Gasteiger partial charge in [-0.3, -0.25) is 38.4 Å². The molecular weight excluding hydrogens is 1440 g/mol. The zero-order chi connectivity index (χ0) is 78.7. The zero-order valence-corrected chi connectivity index (χ0v) is 59.9. The SMILES string of the molecule is CO[C@@H]1O[C@@H](CNC(=O)C[C@@H](N)CC(=O)OCc2ccccc2)[C@H](O[C@@H]2O[C@@H](CNC(=O)C[C@@H](N)CC(=O)OCc3ccccc3)[C@H](O[C@@H]3O[C@@H](CNC(=O)C[C@@H](N)CC(=O)OCc4ccccc4)[C@H](O[C@@H]4O[C@@H](CNC(=O)C[C@@H](N)CC(=O)OCc5ccccc5)C[C@@H](O)[C@@H]4O)[C@@H](O)[C@@H]3O)[C@@H](O)[C@@H]2O)[C@@H](O)[C@@H]1O. The fraction of sp³-hybridized carbons (Fsp3) is 0.562. The molecule has 4 fully saturated rings. The molecule has 4 saturated heterocycles. The molecule has 20 N–H and O–H groups in total. The van der Waals surface area contributed by atoms with Crippen molar-refractivity contribution in [2.45, 2.75) is 225 Å². The third kappa shape index (κ3) is 27.7. The minimum atomic E-state index is -2.27. The van der Waals surface area contributed by atoms with Crippen molar-refractivity contribution in [2.75, 3.05) is 33.3 Å². The molecule has 109 heavy (non-hydrogen) atoms. The Labute approximate surface area is 627 Å². The summed E-state index contributed by atoms with van der Waals surface area (Å²) in [6.07, 6.45) is -39.3. The van der Waals surface area contributed by atoms with Crippen LogP contribution in [0.15, 0.2) is 121 Å². The van der Waals surface area contributed by atoms with E-state index in [2.05, 4.69) is 21.3 Å². The van der Waals surface area contributed by atoms with Crippen molar-refractivity contribution in [3.05, 3.63) is 144 Å². The van der Waals surface area contributed by atoms with E-state index in [1.54, 1.807) is 121 Å². The van der Waals surface area contributed by atoms with Crippen LogP contribution in [0.5, 0.6) is 0 Å². The van der Waals surface area contributed by atoms with Gasteiger partial charge in [0.2, 0.25) is 23.6 Å². The molecule has 0 bridgehead atoms. The maximum Gasteiger partial charge on any atom is 0.307 e. The average Bonchev–Trinajstić information content (AvgIpc) is 0.776. The van der Waals surface area contributed by atoms with Crippen LogP contribution in [0.4, 0.5) is 0 Å². The van der Waals surface area contributed by atoms with Gasteiger partial charge in [0.15, 0.2) is 25.2 Å². The predicted octanol–water partition coefficient (Wildman–Crippen LogP) is -4.17. The smallest absolute Gasteiger partial charge is 0.307 e. The van der Waals surface area contributed by atoms with Crippen molar-refractivity contribution in [1.29, 1.82) is 0 Å². The number of amides is 4. The molecule has 0 radical (unpaired) electrons. The minimum absolute atomic E-state index is 0.0154. The molecule has 4 aromatic rings. The molecular formula is C73H100N8O28. The number of esters is 4. The Morgan fingerprint density at radius 2 is 0.615 bits per heavy atom. The fourth-order valence-corrected chi connectivity index (χ4v) is 12.2. The second-order valence-electron chi connectivity index (χ2n) is 27.0. The van der Waals surface area contributed by atoms with Crippen LogP contribution in [0.2, 0.25) is 0 Å². The summed E-state index contributed by atoms with van der Waals surface area (Å²) in [5.74, 6) is -5.79. The van der Waals surface area contributed by atoms with Crippen LogP contribution in [0.25, 0.3) is 0 Å². The molecule has 23 atom stereocenters. The molecule has 4 aliphatic heterocycles. The van der Waals surface area contributed by atoms with E-state index in [0.717, 1.165) is 12.7 Å². The minimum Gasteiger partial charge on any atom is -0.461 e. The van der Waals surface area contributed by atoms with Crippen molar-refractivity contribution in [2.24, 2.45) is 22.9 Å². The highest BCUT2D eigenvalue weighted by atomic mass is 16.8. The molecule has 0 aromatic heterocycles. The first kappa shape index (κ1) is 86.4. The van der Waals surface area contributed by atoms with Gasteiger partial charge >= 0.3 is 23.9 Å². The molecule has 0 unspecified atom stereocenters. The van der Waals surface area contributed by atoms with Gasteiger partial charge in [-0.1, -0.05) is 121 Å². The molecule has 600 valence electrons. The summed E-state index contributed by atoms with van der Waals surface area (Å²) in [7, 11) is 1.14. The second-order valence-corrected chi connectivity index (χ2v) is 27.0. The van der Waals surface area contributed by atoms with Gasteiger partial charge in [-0.15, -0.1) is 0 Å². The van der Waals surface area contributed by atoms with E-state index in [1.165, 1.54) is 0 Å². The summed E-state index contributed by atoms with van der Waals surface area (Å²) in [6.45, 7) is -2.44. The predicted molar refractivity (Wildman–Crippen MR) is 375 cm³/mol. The lowest BCUT2D eigenvalue weighted by molar-refractivity contribution is -0.381. The summed E-state index contributed by atoms with van der Waals surface area (Å²) < 4.78 is 69.4. The number of nitrogens with two attached hydrogens (primary N) is 4. The van der Waals surface area contributed by atoms with Gasteiger partial charge in [-0.25, -0.2) is 0 Å². The summed E-state index contributed by atoms with van der Waals surface area (Å²) >= 11 is 0. The first-order chi connectivity index (χ1) is 52.2. The third-order valence-corrected chi connectivity index (χ3v) is 18.0. The van der Waals surface area contributed by atoms with E-state index in [0.29, 0.717) is 16.7 Å². The maximum atomic E-state index is 13.7. The van der Waals surface area contributed by atoms with E-state index in [4.69, 9.17) is 79.8 Å². The Kier molecular flexibility index (Phi) is 34.4. The molecule has 36 nitrogen and oxygen atoms in total. The lowest BCUT2D eigenvalue weighted by atomic mass is 9.95. The Balaban J connectivity index is 0.978. The number of benzene rings is 4. The van der Waals surface area contributed by atoms with Crippen molar-refractivity contribution in [3.63, 3.8) is 0 Å². The number of carbonyl (C=O) groups is 8. The number of nitrogens with one attached hydrogen (secondary N) is 4. The Morgan fingerprint density at radius 1 is 0.358 bits per heavy atom. The molecule has 36 heteroatoms. The molecule has 8 rings (SSSR count). The Bertz CT molecular complexity index is 3500. The molecule has 4 aromatic carbocycles. The third-order valence-electron chi connectivity index (χ3n) is 18.0. The number of hydrogen-bond donors (Lipinski definition) is 16. The highest BCUT2D eigenvalue weighted by Gasteiger charge is 2.55. The first-order valence-electron chi connectivity index (χ1n) is 35.6. The van der Waals surface area contributed by atoms with Gasteiger partial charge in [0, 0.05) is 89.6 Å². The molecule has 0 saturated carbocycles. The van der Waals surface area contributed by atoms with E-state index in [-0.39, 0.29) is 58.7 Å². The van der Waals surface area contributed by atoms with Gasteiger partial charge in [-0.2, -0.15) is 0 Å². The van der Waals surface area contributed by atoms with Crippen LogP contribution in [-0.2, 0) is 122 Å². The number of methoxy groups -OCH3 is 1. The van der Waals surface area contributed by atoms with Gasteiger partial charge in [0.05, 0.1) is 37.9 Å². The Hall–Kier alpha value is -8.16. The lowest BCUT2D eigenvalue weighted by Crippen LogP contribution is -2.68. The highest BCUT2D eigenvalue weighted by Crippen LogP contribution is 2.35. The van der Waals surface area contributed by atoms with Crippen LogP contribution in [-0.4, -0.2) is 263 Å². The number of aliphatic hydroxyl groups excluding tert-OH is 8. The largest absolute Gasteiger partial charge is 0.461 e. The van der Waals surface area contributed by atoms with Crippen LogP contribution in [0.1, 0.15) is 80.0 Å². The molecule has 0 spiro atoms. The topological polar surface area (TPSA) is 561 Å². The summed E-state index contributed by atoms with van der Waals surface area (Å²) in [5.41, 5.74) is 27.6. The van der Waals surface area contributed by atoms with Crippen molar-refractivity contribution in [1.82, 2.24) is 21.3 Å². The lowest BCUT2D eigenvalue weighted by Gasteiger charge is -2.49. The molecule has 4 heterocycles.